The Labute approximate surface area is 142 Å². The molecule has 1 atom stereocenters. The summed E-state index contributed by atoms with van der Waals surface area (Å²) in [6.45, 7) is 3.11. The highest BCUT2D eigenvalue weighted by molar-refractivity contribution is 5.86. The summed E-state index contributed by atoms with van der Waals surface area (Å²) < 4.78 is 10.8. The van der Waals surface area contributed by atoms with E-state index < -0.39 is 0 Å². The maximum atomic E-state index is 5.41. The van der Waals surface area contributed by atoms with Crippen LogP contribution in [0.4, 0.5) is 0 Å². The number of ether oxygens (including phenoxy) is 2. The summed E-state index contributed by atoms with van der Waals surface area (Å²) in [5.41, 5.74) is 3.65. The summed E-state index contributed by atoms with van der Waals surface area (Å²) in [5, 5.41) is 4.77. The van der Waals surface area contributed by atoms with Gasteiger partial charge in [0.25, 0.3) is 0 Å². The molecule has 0 spiro atoms. The number of benzene rings is 2. The molecule has 0 unspecified atom stereocenters. The molecule has 3 aromatic rings. The smallest absolute Gasteiger partial charge is 0.162 e. The first-order valence-electron chi connectivity index (χ1n) is 8.23. The average Bonchev–Trinajstić information content (AvgIpc) is 3.03. The molecule has 0 amide bonds. The summed E-state index contributed by atoms with van der Waals surface area (Å²) in [4.78, 5) is 3.32. The molecule has 0 saturated heterocycles. The Hall–Kier alpha value is -2.46. The quantitative estimate of drug-likeness (QED) is 0.688. The monoisotopic (exact) mass is 324 g/mol. The van der Waals surface area contributed by atoms with Gasteiger partial charge in [0.1, 0.15) is 0 Å². The zero-order valence-corrected chi connectivity index (χ0v) is 14.4. The van der Waals surface area contributed by atoms with Gasteiger partial charge in [-0.1, -0.05) is 30.3 Å². The SMILES string of the molecule is COc1cc2[nH]cc(CCN[C@@H](C)c3ccccc3)c2cc1OC. The molecular weight excluding hydrogens is 300 g/mol. The highest BCUT2D eigenvalue weighted by Crippen LogP contribution is 2.33. The van der Waals surface area contributed by atoms with Crippen LogP contribution >= 0.6 is 0 Å². The van der Waals surface area contributed by atoms with Crippen molar-refractivity contribution in [2.45, 2.75) is 19.4 Å². The number of aromatic nitrogens is 1. The number of H-pyrrole nitrogens is 1. The number of fused-ring (bicyclic) bond motifs is 1. The first-order chi connectivity index (χ1) is 11.7. The minimum Gasteiger partial charge on any atom is -0.493 e. The predicted octanol–water partition coefficient (Wildman–Crippen LogP) is 4.08. The van der Waals surface area contributed by atoms with Crippen LogP contribution in [-0.2, 0) is 6.42 Å². The van der Waals surface area contributed by atoms with E-state index >= 15 is 0 Å². The molecular formula is C20H24N2O2. The van der Waals surface area contributed by atoms with Crippen molar-refractivity contribution < 1.29 is 9.47 Å². The van der Waals surface area contributed by atoms with Crippen molar-refractivity contribution in [3.63, 3.8) is 0 Å². The van der Waals surface area contributed by atoms with Gasteiger partial charge in [0, 0.05) is 29.2 Å². The van der Waals surface area contributed by atoms with Crippen LogP contribution in [0.15, 0.2) is 48.7 Å². The normalized spacial score (nSPS) is 12.3. The average molecular weight is 324 g/mol. The lowest BCUT2D eigenvalue weighted by molar-refractivity contribution is 0.356. The van der Waals surface area contributed by atoms with Crippen molar-refractivity contribution >= 4 is 10.9 Å². The van der Waals surface area contributed by atoms with E-state index in [0.717, 1.165) is 30.0 Å². The molecule has 1 aromatic heterocycles. The van der Waals surface area contributed by atoms with E-state index in [2.05, 4.69) is 47.7 Å². The van der Waals surface area contributed by atoms with Crippen LogP contribution in [-0.4, -0.2) is 25.7 Å². The van der Waals surface area contributed by atoms with Gasteiger partial charge < -0.3 is 19.8 Å². The summed E-state index contributed by atoms with van der Waals surface area (Å²) >= 11 is 0. The molecule has 0 aliphatic heterocycles. The first-order valence-corrected chi connectivity index (χ1v) is 8.23. The highest BCUT2D eigenvalue weighted by atomic mass is 16.5. The van der Waals surface area contributed by atoms with Gasteiger partial charge >= 0.3 is 0 Å². The van der Waals surface area contributed by atoms with Gasteiger partial charge in [0.15, 0.2) is 11.5 Å². The third kappa shape index (κ3) is 3.39. The molecule has 0 aliphatic carbocycles. The fourth-order valence-electron chi connectivity index (χ4n) is 3.00. The Balaban J connectivity index is 1.69. The van der Waals surface area contributed by atoms with Crippen LogP contribution < -0.4 is 14.8 Å². The second-order valence-corrected chi connectivity index (χ2v) is 5.90. The molecule has 24 heavy (non-hydrogen) atoms. The number of nitrogens with one attached hydrogen (secondary N) is 2. The number of rotatable bonds is 7. The number of hydrogen-bond acceptors (Lipinski definition) is 3. The van der Waals surface area contributed by atoms with E-state index in [9.17, 15) is 0 Å². The topological polar surface area (TPSA) is 46.3 Å². The Morgan fingerprint density at radius 3 is 2.46 bits per heavy atom. The summed E-state index contributed by atoms with van der Waals surface area (Å²) in [6, 6.07) is 14.9. The van der Waals surface area contributed by atoms with E-state index in [-0.39, 0.29) is 0 Å². The van der Waals surface area contributed by atoms with Gasteiger partial charge in [0.05, 0.1) is 14.2 Å². The van der Waals surface area contributed by atoms with Crippen molar-refractivity contribution in [3.8, 4) is 11.5 Å². The Morgan fingerprint density at radius 1 is 1.04 bits per heavy atom. The molecule has 1 heterocycles. The molecule has 4 heteroatoms. The fourth-order valence-corrected chi connectivity index (χ4v) is 3.00. The largest absolute Gasteiger partial charge is 0.493 e. The molecule has 2 aromatic carbocycles. The van der Waals surface area contributed by atoms with Gasteiger partial charge in [-0.05, 0) is 37.1 Å². The lowest BCUT2D eigenvalue weighted by Gasteiger charge is -2.14. The van der Waals surface area contributed by atoms with Crippen molar-refractivity contribution in [2.24, 2.45) is 0 Å². The van der Waals surface area contributed by atoms with Gasteiger partial charge in [0.2, 0.25) is 0 Å². The molecule has 3 rings (SSSR count). The minimum atomic E-state index is 0.339. The molecule has 0 fully saturated rings. The van der Waals surface area contributed by atoms with Crippen molar-refractivity contribution in [2.75, 3.05) is 20.8 Å². The lowest BCUT2D eigenvalue weighted by Crippen LogP contribution is -2.21. The van der Waals surface area contributed by atoms with Crippen LogP contribution in [0.5, 0.6) is 11.5 Å². The molecule has 0 aliphatic rings. The molecule has 0 saturated carbocycles. The Kier molecular flexibility index (Phi) is 5.06. The first kappa shape index (κ1) is 16.4. The van der Waals surface area contributed by atoms with E-state index in [4.69, 9.17) is 9.47 Å². The molecule has 0 bridgehead atoms. The van der Waals surface area contributed by atoms with Crippen molar-refractivity contribution in [3.05, 3.63) is 59.8 Å². The van der Waals surface area contributed by atoms with E-state index in [0.29, 0.717) is 6.04 Å². The summed E-state index contributed by atoms with van der Waals surface area (Å²) in [7, 11) is 3.32. The third-order valence-corrected chi connectivity index (χ3v) is 4.42. The lowest BCUT2D eigenvalue weighted by atomic mass is 10.1. The maximum absolute atomic E-state index is 5.41. The summed E-state index contributed by atoms with van der Waals surface area (Å²) in [6.07, 6.45) is 3.02. The van der Waals surface area contributed by atoms with E-state index in [1.807, 2.05) is 18.2 Å². The van der Waals surface area contributed by atoms with Crippen LogP contribution in [0.2, 0.25) is 0 Å². The van der Waals surface area contributed by atoms with Gasteiger partial charge in [-0.2, -0.15) is 0 Å². The zero-order chi connectivity index (χ0) is 16.9. The van der Waals surface area contributed by atoms with Crippen LogP contribution in [0.25, 0.3) is 10.9 Å². The van der Waals surface area contributed by atoms with Crippen molar-refractivity contribution in [1.82, 2.24) is 10.3 Å². The summed E-state index contributed by atoms with van der Waals surface area (Å²) in [5.74, 6) is 1.51. The standard InChI is InChI=1S/C20H24N2O2/c1-14(15-7-5-4-6-8-15)21-10-9-16-13-22-18-12-20(24-3)19(23-2)11-17(16)18/h4-8,11-14,21-22H,9-10H2,1-3H3/t14-/m0/s1. The zero-order valence-electron chi connectivity index (χ0n) is 14.4. The van der Waals surface area contributed by atoms with Crippen molar-refractivity contribution in [1.29, 1.82) is 0 Å². The number of hydrogen-bond donors (Lipinski definition) is 2. The van der Waals surface area contributed by atoms with E-state index in [1.54, 1.807) is 14.2 Å². The number of methoxy groups -OCH3 is 2. The predicted molar refractivity (Wildman–Crippen MR) is 98.0 cm³/mol. The minimum absolute atomic E-state index is 0.339. The van der Waals surface area contributed by atoms with Gasteiger partial charge in [-0.3, -0.25) is 0 Å². The van der Waals surface area contributed by atoms with Gasteiger partial charge in [-0.15, -0.1) is 0 Å². The highest BCUT2D eigenvalue weighted by Gasteiger charge is 2.11. The Morgan fingerprint density at radius 2 is 1.75 bits per heavy atom. The third-order valence-electron chi connectivity index (χ3n) is 4.42. The number of aromatic amines is 1. The Bertz CT molecular complexity index is 796. The van der Waals surface area contributed by atoms with Crippen LogP contribution in [0.3, 0.4) is 0 Å². The molecule has 2 N–H and O–H groups in total. The maximum Gasteiger partial charge on any atom is 0.162 e. The molecule has 126 valence electrons. The molecule has 4 nitrogen and oxygen atoms in total. The van der Waals surface area contributed by atoms with Crippen LogP contribution in [0, 0.1) is 0 Å². The van der Waals surface area contributed by atoms with Gasteiger partial charge in [-0.25, -0.2) is 0 Å². The second kappa shape index (κ2) is 7.41. The second-order valence-electron chi connectivity index (χ2n) is 5.90. The molecule has 0 radical (unpaired) electrons. The van der Waals surface area contributed by atoms with Crippen LogP contribution in [0.1, 0.15) is 24.1 Å². The van der Waals surface area contributed by atoms with E-state index in [1.165, 1.54) is 16.5 Å². The fraction of sp³-hybridized carbons (Fsp3) is 0.300.